The van der Waals surface area contributed by atoms with Gasteiger partial charge in [-0.25, -0.2) is 0 Å². The Balaban J connectivity index is 3.20. The van der Waals surface area contributed by atoms with Crippen LogP contribution < -0.4 is 0 Å². The van der Waals surface area contributed by atoms with Crippen LogP contribution in [0.1, 0.15) is 43.6 Å². The molecule has 68 valence electrons. The van der Waals surface area contributed by atoms with Crippen LogP contribution in [0.4, 0.5) is 0 Å². The van der Waals surface area contributed by atoms with Crippen molar-refractivity contribution < 1.29 is 0 Å². The van der Waals surface area contributed by atoms with Gasteiger partial charge in [-0.2, -0.15) is 5.10 Å². The minimum Gasteiger partial charge on any atom is -0.272 e. The maximum atomic E-state index is 4.50. The first-order chi connectivity index (χ1) is 5.57. The molecule has 0 unspecified atom stereocenters. The van der Waals surface area contributed by atoms with E-state index in [0.29, 0.717) is 5.92 Å². The smallest absolute Gasteiger partial charge is 0.0684 e. The first-order valence-electron chi connectivity index (χ1n) is 4.60. The standard InChI is InChI=1S/C10H18N2/c1-6-9-8(4)12(5)11-10(9)7(2)3/h7H,6H2,1-5H3. The zero-order valence-electron chi connectivity index (χ0n) is 8.68. The molecule has 0 fully saturated rings. The minimum absolute atomic E-state index is 0.542. The molecule has 0 radical (unpaired) electrons. The van der Waals surface area contributed by atoms with E-state index in [9.17, 15) is 0 Å². The van der Waals surface area contributed by atoms with Crippen LogP contribution in [0.3, 0.4) is 0 Å². The molecule has 12 heavy (non-hydrogen) atoms. The van der Waals surface area contributed by atoms with Gasteiger partial charge >= 0.3 is 0 Å². The lowest BCUT2D eigenvalue weighted by Gasteiger charge is -2.02. The monoisotopic (exact) mass is 166 g/mol. The largest absolute Gasteiger partial charge is 0.272 e. The van der Waals surface area contributed by atoms with Gasteiger partial charge in [0.2, 0.25) is 0 Å². The highest BCUT2D eigenvalue weighted by molar-refractivity contribution is 5.27. The Morgan fingerprint density at radius 2 is 2.00 bits per heavy atom. The van der Waals surface area contributed by atoms with E-state index in [-0.39, 0.29) is 0 Å². The van der Waals surface area contributed by atoms with E-state index >= 15 is 0 Å². The maximum absolute atomic E-state index is 4.50. The molecular weight excluding hydrogens is 148 g/mol. The van der Waals surface area contributed by atoms with Crippen LogP contribution in [0.25, 0.3) is 0 Å². The zero-order valence-corrected chi connectivity index (χ0v) is 8.68. The Labute approximate surface area is 74.6 Å². The summed E-state index contributed by atoms with van der Waals surface area (Å²) >= 11 is 0. The Morgan fingerprint density at radius 3 is 2.33 bits per heavy atom. The molecule has 0 atom stereocenters. The molecule has 0 bridgehead atoms. The molecule has 0 amide bonds. The predicted octanol–water partition coefficient (Wildman–Crippen LogP) is 2.41. The number of aryl methyl sites for hydroxylation is 1. The first-order valence-corrected chi connectivity index (χ1v) is 4.60. The number of rotatable bonds is 2. The van der Waals surface area contributed by atoms with Crippen molar-refractivity contribution >= 4 is 0 Å². The second-order valence-electron chi connectivity index (χ2n) is 3.58. The third kappa shape index (κ3) is 1.38. The second kappa shape index (κ2) is 3.30. The Kier molecular flexibility index (Phi) is 2.55. The molecule has 2 nitrogen and oxygen atoms in total. The lowest BCUT2D eigenvalue weighted by atomic mass is 10.0. The van der Waals surface area contributed by atoms with Crippen molar-refractivity contribution in [3.8, 4) is 0 Å². The average molecular weight is 166 g/mol. The molecule has 1 aromatic heterocycles. The van der Waals surface area contributed by atoms with Crippen LogP contribution >= 0.6 is 0 Å². The first kappa shape index (κ1) is 9.30. The van der Waals surface area contributed by atoms with E-state index < -0.39 is 0 Å². The predicted molar refractivity (Wildman–Crippen MR) is 51.4 cm³/mol. The van der Waals surface area contributed by atoms with Crippen molar-refractivity contribution in [1.29, 1.82) is 0 Å². The van der Waals surface area contributed by atoms with Crippen LogP contribution in [0.15, 0.2) is 0 Å². The molecule has 0 N–H and O–H groups in total. The van der Waals surface area contributed by atoms with E-state index in [1.165, 1.54) is 17.0 Å². The molecule has 0 aliphatic carbocycles. The van der Waals surface area contributed by atoms with Crippen molar-refractivity contribution in [2.45, 2.75) is 40.0 Å². The Hall–Kier alpha value is -0.790. The molecule has 0 saturated heterocycles. The van der Waals surface area contributed by atoms with E-state index in [1.54, 1.807) is 0 Å². The molecule has 2 heteroatoms. The Bertz CT molecular complexity index is 272. The summed E-state index contributed by atoms with van der Waals surface area (Å²) in [7, 11) is 2.01. The van der Waals surface area contributed by atoms with Crippen molar-refractivity contribution in [2.24, 2.45) is 7.05 Å². The van der Waals surface area contributed by atoms with Crippen LogP contribution in [0.2, 0.25) is 0 Å². The highest BCUT2D eigenvalue weighted by Gasteiger charge is 2.13. The fourth-order valence-electron chi connectivity index (χ4n) is 1.58. The van der Waals surface area contributed by atoms with Gasteiger partial charge in [0, 0.05) is 12.7 Å². The summed E-state index contributed by atoms with van der Waals surface area (Å²) in [5.74, 6) is 0.542. The van der Waals surface area contributed by atoms with Gasteiger partial charge in [0.1, 0.15) is 0 Å². The Morgan fingerprint density at radius 1 is 1.42 bits per heavy atom. The zero-order chi connectivity index (χ0) is 9.30. The van der Waals surface area contributed by atoms with Gasteiger partial charge in [0.25, 0.3) is 0 Å². The van der Waals surface area contributed by atoms with Crippen molar-refractivity contribution in [3.63, 3.8) is 0 Å². The summed E-state index contributed by atoms with van der Waals surface area (Å²) in [5, 5.41) is 4.50. The normalized spacial score (nSPS) is 11.2. The summed E-state index contributed by atoms with van der Waals surface area (Å²) in [4.78, 5) is 0. The van der Waals surface area contributed by atoms with Crippen LogP contribution in [-0.4, -0.2) is 9.78 Å². The average Bonchev–Trinajstić information content (AvgIpc) is 2.29. The summed E-state index contributed by atoms with van der Waals surface area (Å²) in [6, 6.07) is 0. The molecule has 1 rings (SSSR count). The van der Waals surface area contributed by atoms with Crippen LogP contribution in [0.5, 0.6) is 0 Å². The fraction of sp³-hybridized carbons (Fsp3) is 0.700. The summed E-state index contributed by atoms with van der Waals surface area (Å²) in [5.41, 5.74) is 3.99. The molecular formula is C10H18N2. The molecule has 0 spiro atoms. The third-order valence-corrected chi connectivity index (χ3v) is 2.39. The van der Waals surface area contributed by atoms with Crippen molar-refractivity contribution in [3.05, 3.63) is 17.0 Å². The van der Waals surface area contributed by atoms with Gasteiger partial charge in [-0.15, -0.1) is 0 Å². The maximum Gasteiger partial charge on any atom is 0.0684 e. The van der Waals surface area contributed by atoms with Gasteiger partial charge in [0.05, 0.1) is 5.69 Å². The molecule has 0 aromatic carbocycles. The van der Waals surface area contributed by atoms with Crippen LogP contribution in [0, 0.1) is 6.92 Å². The van der Waals surface area contributed by atoms with Gasteiger partial charge in [-0.3, -0.25) is 4.68 Å². The highest BCUT2D eigenvalue weighted by atomic mass is 15.3. The molecule has 0 saturated carbocycles. The van der Waals surface area contributed by atoms with Gasteiger partial charge in [0.15, 0.2) is 0 Å². The third-order valence-electron chi connectivity index (χ3n) is 2.39. The summed E-state index contributed by atoms with van der Waals surface area (Å²) in [6.45, 7) is 8.72. The quantitative estimate of drug-likeness (QED) is 0.659. The summed E-state index contributed by atoms with van der Waals surface area (Å²) < 4.78 is 1.98. The SMILES string of the molecule is CCc1c(C(C)C)nn(C)c1C. The number of hydrogen-bond acceptors (Lipinski definition) is 1. The minimum atomic E-state index is 0.542. The van der Waals surface area contributed by atoms with E-state index in [4.69, 9.17) is 0 Å². The second-order valence-corrected chi connectivity index (χ2v) is 3.58. The molecule has 0 aliphatic heterocycles. The van der Waals surface area contributed by atoms with Crippen LogP contribution in [-0.2, 0) is 13.5 Å². The number of aromatic nitrogens is 2. The van der Waals surface area contributed by atoms with E-state index in [0.717, 1.165) is 6.42 Å². The topological polar surface area (TPSA) is 17.8 Å². The van der Waals surface area contributed by atoms with Gasteiger partial charge in [-0.05, 0) is 24.8 Å². The summed E-state index contributed by atoms with van der Waals surface area (Å²) in [6.07, 6.45) is 1.09. The number of hydrogen-bond donors (Lipinski definition) is 0. The van der Waals surface area contributed by atoms with E-state index in [1.807, 2.05) is 11.7 Å². The van der Waals surface area contributed by atoms with Gasteiger partial charge < -0.3 is 0 Å². The lowest BCUT2D eigenvalue weighted by Crippen LogP contribution is -1.94. The molecule has 1 aromatic rings. The molecule has 1 heterocycles. The number of nitrogens with zero attached hydrogens (tertiary/aromatic N) is 2. The van der Waals surface area contributed by atoms with Gasteiger partial charge in [-0.1, -0.05) is 20.8 Å². The van der Waals surface area contributed by atoms with E-state index in [2.05, 4.69) is 32.8 Å². The highest BCUT2D eigenvalue weighted by Crippen LogP contribution is 2.20. The van der Waals surface area contributed by atoms with Crippen molar-refractivity contribution in [1.82, 2.24) is 9.78 Å². The van der Waals surface area contributed by atoms with Crippen molar-refractivity contribution in [2.75, 3.05) is 0 Å². The molecule has 0 aliphatic rings. The lowest BCUT2D eigenvalue weighted by molar-refractivity contribution is 0.698. The fourth-order valence-corrected chi connectivity index (χ4v) is 1.58.